The van der Waals surface area contributed by atoms with Crippen molar-refractivity contribution in [2.75, 3.05) is 5.73 Å². The van der Waals surface area contributed by atoms with Gasteiger partial charge in [0.1, 0.15) is 5.82 Å². The average Bonchev–Trinajstić information content (AvgIpc) is 2.82. The first-order chi connectivity index (χ1) is 8.74. The van der Waals surface area contributed by atoms with E-state index in [0.29, 0.717) is 17.7 Å². The molecule has 0 spiro atoms. The van der Waals surface area contributed by atoms with Crippen LogP contribution < -0.4 is 5.73 Å². The predicted molar refractivity (Wildman–Crippen MR) is 72.1 cm³/mol. The average molecular weight is 257 g/mol. The van der Waals surface area contributed by atoms with Crippen LogP contribution in [0.5, 0.6) is 0 Å². The molecule has 3 aromatic rings. The highest BCUT2D eigenvalue weighted by Crippen LogP contribution is 2.25. The number of nitrogens with two attached hydrogens (primary N) is 1. The Morgan fingerprint density at radius 3 is 3.00 bits per heavy atom. The molecule has 0 bridgehead atoms. The van der Waals surface area contributed by atoms with Gasteiger partial charge in [-0.05, 0) is 35.4 Å². The Hall–Kier alpha value is -1.94. The van der Waals surface area contributed by atoms with E-state index in [1.807, 2.05) is 12.1 Å². The summed E-state index contributed by atoms with van der Waals surface area (Å²) >= 11 is 1.51. The zero-order valence-corrected chi connectivity index (χ0v) is 10.3. The molecule has 89 valence electrons. The zero-order valence-electron chi connectivity index (χ0n) is 9.48. The summed E-state index contributed by atoms with van der Waals surface area (Å²) in [5.74, 6) is -0.263. The Morgan fingerprint density at radius 2 is 2.17 bits per heavy atom. The number of pyridine rings is 1. The maximum atomic E-state index is 13.8. The van der Waals surface area contributed by atoms with Gasteiger partial charge in [-0.1, -0.05) is 6.07 Å². The van der Waals surface area contributed by atoms with E-state index in [9.17, 15) is 4.39 Å². The molecule has 0 aliphatic heterocycles. The first-order valence-electron chi connectivity index (χ1n) is 5.51. The number of thiophene rings is 1. The lowest BCUT2D eigenvalue weighted by Gasteiger charge is -2.05. The maximum Gasteiger partial charge on any atom is 0.128 e. The van der Waals surface area contributed by atoms with E-state index in [2.05, 4.69) is 10.4 Å². The van der Waals surface area contributed by atoms with Crippen molar-refractivity contribution in [2.24, 2.45) is 0 Å². The molecule has 0 unspecified atom stereocenters. The van der Waals surface area contributed by atoms with E-state index >= 15 is 0 Å². The summed E-state index contributed by atoms with van der Waals surface area (Å²) in [5, 5.41) is 3.05. The first-order valence-corrected chi connectivity index (χ1v) is 6.33. The Morgan fingerprint density at radius 1 is 1.28 bits per heavy atom. The highest BCUT2D eigenvalue weighted by molar-refractivity contribution is 7.16. The molecule has 3 rings (SSSR count). The van der Waals surface area contributed by atoms with Gasteiger partial charge in [-0.3, -0.25) is 4.98 Å². The van der Waals surface area contributed by atoms with E-state index in [0.717, 1.165) is 15.8 Å². The van der Waals surface area contributed by atoms with Crippen LogP contribution in [0, 0.1) is 11.2 Å². The number of benzene rings is 1. The number of nitrogens with zero attached hydrogens (tertiary/aromatic N) is 1. The highest BCUT2D eigenvalue weighted by Gasteiger charge is 2.08. The standard InChI is InChI=1S/C14H10FN2S/c15-12-8-11(16)2-1-9(12)7-10-3-5-17-13-4-6-18-14(10)13/h1-5,8H,7,16H2. The number of aromatic nitrogens is 1. The molecule has 2 aromatic heterocycles. The fourth-order valence-electron chi connectivity index (χ4n) is 1.92. The van der Waals surface area contributed by atoms with Gasteiger partial charge in [0, 0.05) is 23.7 Å². The molecular formula is C14H10FN2S. The molecule has 1 aromatic carbocycles. The monoisotopic (exact) mass is 257 g/mol. The number of rotatable bonds is 2. The van der Waals surface area contributed by atoms with Crippen LogP contribution in [-0.4, -0.2) is 4.98 Å². The van der Waals surface area contributed by atoms with Crippen LogP contribution in [0.15, 0.2) is 36.5 Å². The number of halogens is 1. The minimum Gasteiger partial charge on any atom is -0.399 e. The van der Waals surface area contributed by atoms with Crippen LogP contribution in [0.1, 0.15) is 11.1 Å². The molecule has 2 N–H and O–H groups in total. The van der Waals surface area contributed by atoms with Crippen molar-refractivity contribution in [2.45, 2.75) is 6.42 Å². The predicted octanol–water partition coefficient (Wildman–Crippen LogP) is 3.41. The van der Waals surface area contributed by atoms with Crippen molar-refractivity contribution in [1.82, 2.24) is 4.98 Å². The van der Waals surface area contributed by atoms with Gasteiger partial charge in [-0.2, -0.15) is 0 Å². The summed E-state index contributed by atoms with van der Waals surface area (Å²) in [5.41, 5.74) is 8.61. The van der Waals surface area contributed by atoms with Crippen molar-refractivity contribution in [3.05, 3.63) is 58.9 Å². The summed E-state index contributed by atoms with van der Waals surface area (Å²) in [6.45, 7) is 0. The normalized spacial score (nSPS) is 10.9. The lowest BCUT2D eigenvalue weighted by Crippen LogP contribution is -1.95. The highest BCUT2D eigenvalue weighted by atomic mass is 32.1. The lowest BCUT2D eigenvalue weighted by molar-refractivity contribution is 0.615. The summed E-state index contributed by atoms with van der Waals surface area (Å²) in [6.07, 6.45) is 2.28. The molecule has 2 nitrogen and oxygen atoms in total. The molecule has 0 fully saturated rings. The Balaban J connectivity index is 2.03. The molecule has 0 atom stereocenters. The Labute approximate surface area is 108 Å². The molecule has 2 heterocycles. The maximum absolute atomic E-state index is 13.8. The molecule has 1 radical (unpaired) electrons. The fourth-order valence-corrected chi connectivity index (χ4v) is 2.70. The minimum atomic E-state index is -0.263. The zero-order chi connectivity index (χ0) is 12.5. The SMILES string of the molecule is Nc1ccc(Cc2ccnc3c[c]sc23)c(F)c1. The Kier molecular flexibility index (Phi) is 2.72. The third-order valence-corrected chi connectivity index (χ3v) is 3.74. The lowest BCUT2D eigenvalue weighted by atomic mass is 10.0. The van der Waals surface area contributed by atoms with Gasteiger partial charge in [0.05, 0.1) is 10.2 Å². The van der Waals surface area contributed by atoms with Gasteiger partial charge in [0.2, 0.25) is 0 Å². The van der Waals surface area contributed by atoms with Crippen molar-refractivity contribution >= 4 is 27.2 Å². The molecule has 4 heteroatoms. The van der Waals surface area contributed by atoms with Crippen LogP contribution in [-0.2, 0) is 6.42 Å². The smallest absolute Gasteiger partial charge is 0.128 e. The number of hydrogen-bond acceptors (Lipinski definition) is 3. The molecule has 0 saturated carbocycles. The topological polar surface area (TPSA) is 38.9 Å². The van der Waals surface area contributed by atoms with Crippen LogP contribution in [0.2, 0.25) is 0 Å². The van der Waals surface area contributed by atoms with E-state index in [1.165, 1.54) is 17.4 Å². The molecule has 0 saturated heterocycles. The molecule has 0 amide bonds. The van der Waals surface area contributed by atoms with Gasteiger partial charge in [0.15, 0.2) is 0 Å². The third kappa shape index (κ3) is 1.95. The van der Waals surface area contributed by atoms with Crippen molar-refractivity contribution < 1.29 is 4.39 Å². The van der Waals surface area contributed by atoms with Crippen molar-refractivity contribution in [1.29, 1.82) is 0 Å². The fraction of sp³-hybridized carbons (Fsp3) is 0.0714. The van der Waals surface area contributed by atoms with Gasteiger partial charge in [-0.15, -0.1) is 11.3 Å². The number of fused-ring (bicyclic) bond motifs is 1. The third-order valence-electron chi connectivity index (χ3n) is 2.83. The molecule has 0 aliphatic rings. The number of anilines is 1. The van der Waals surface area contributed by atoms with Crippen LogP contribution in [0.25, 0.3) is 10.2 Å². The van der Waals surface area contributed by atoms with E-state index < -0.39 is 0 Å². The molecule has 18 heavy (non-hydrogen) atoms. The second kappa shape index (κ2) is 4.38. The molecular weight excluding hydrogens is 247 g/mol. The van der Waals surface area contributed by atoms with Crippen LogP contribution >= 0.6 is 11.3 Å². The van der Waals surface area contributed by atoms with E-state index in [1.54, 1.807) is 18.3 Å². The van der Waals surface area contributed by atoms with Crippen LogP contribution in [0.3, 0.4) is 0 Å². The van der Waals surface area contributed by atoms with E-state index in [4.69, 9.17) is 5.73 Å². The van der Waals surface area contributed by atoms with Crippen molar-refractivity contribution in [3.63, 3.8) is 0 Å². The first kappa shape index (κ1) is 11.2. The summed E-state index contributed by atoms with van der Waals surface area (Å²) in [6, 6.07) is 8.57. The largest absolute Gasteiger partial charge is 0.399 e. The van der Waals surface area contributed by atoms with Crippen LogP contribution in [0.4, 0.5) is 10.1 Å². The second-order valence-electron chi connectivity index (χ2n) is 4.08. The van der Waals surface area contributed by atoms with Gasteiger partial charge < -0.3 is 5.73 Å². The minimum absolute atomic E-state index is 0.263. The summed E-state index contributed by atoms with van der Waals surface area (Å²) in [4.78, 5) is 4.25. The molecule has 0 aliphatic carbocycles. The summed E-state index contributed by atoms with van der Waals surface area (Å²) < 4.78 is 14.8. The van der Waals surface area contributed by atoms with Gasteiger partial charge >= 0.3 is 0 Å². The quantitative estimate of drug-likeness (QED) is 0.714. The second-order valence-corrected chi connectivity index (χ2v) is 4.92. The number of nitrogen functional groups attached to an aromatic ring is 1. The summed E-state index contributed by atoms with van der Waals surface area (Å²) in [7, 11) is 0. The van der Waals surface area contributed by atoms with E-state index in [-0.39, 0.29) is 5.82 Å². The van der Waals surface area contributed by atoms with Gasteiger partial charge in [0.25, 0.3) is 0 Å². The Bertz CT molecular complexity index is 706. The van der Waals surface area contributed by atoms with Crippen molar-refractivity contribution in [3.8, 4) is 0 Å². The van der Waals surface area contributed by atoms with Gasteiger partial charge in [-0.25, -0.2) is 4.39 Å². The number of hydrogen-bond donors (Lipinski definition) is 1.